The molecule has 0 atom stereocenters. The van der Waals surface area contributed by atoms with Gasteiger partial charge in [0.2, 0.25) is 0 Å². The minimum atomic E-state index is -0.561. The van der Waals surface area contributed by atoms with Gasteiger partial charge in [-0.15, -0.1) is 0 Å². The van der Waals surface area contributed by atoms with Gasteiger partial charge in [0.1, 0.15) is 17.3 Å². The maximum Gasteiger partial charge on any atom is 0.343 e. The lowest BCUT2D eigenvalue weighted by molar-refractivity contribution is 0.0556. The van der Waals surface area contributed by atoms with Crippen molar-refractivity contribution in [3.8, 4) is 23.0 Å². The highest BCUT2D eigenvalue weighted by molar-refractivity contribution is 5.96. The average Bonchev–Trinajstić information content (AvgIpc) is 3.06. The number of ether oxygens (including phenoxy) is 1. The number of rotatable bonds is 4. The van der Waals surface area contributed by atoms with Crippen LogP contribution < -0.4 is 0 Å². The van der Waals surface area contributed by atoms with Gasteiger partial charge in [0, 0.05) is 11.8 Å². The molecule has 0 spiro atoms. The number of aryl methyl sites for hydroxylation is 1. The topological polar surface area (TPSA) is 67.9 Å². The SMILES string of the molecule is Cc1ccc(-c2nn(-c3ccccc3)cc2C(=O)OCC#N)cc1. The molecule has 5 heteroatoms. The monoisotopic (exact) mass is 317 g/mol. The van der Waals surface area contributed by atoms with Crippen molar-refractivity contribution >= 4 is 5.97 Å². The van der Waals surface area contributed by atoms with E-state index in [1.54, 1.807) is 16.9 Å². The van der Waals surface area contributed by atoms with Crippen LogP contribution in [0.2, 0.25) is 0 Å². The summed E-state index contributed by atoms with van der Waals surface area (Å²) in [5, 5.41) is 13.2. The van der Waals surface area contributed by atoms with Gasteiger partial charge in [-0.25, -0.2) is 9.48 Å². The summed E-state index contributed by atoms with van der Waals surface area (Å²) in [6.45, 7) is 1.71. The molecule has 2 aromatic carbocycles. The number of aromatic nitrogens is 2. The Hall–Kier alpha value is -3.39. The first-order valence-electron chi connectivity index (χ1n) is 7.45. The van der Waals surface area contributed by atoms with E-state index in [1.807, 2.05) is 61.5 Å². The fourth-order valence-electron chi connectivity index (χ4n) is 2.34. The van der Waals surface area contributed by atoms with Crippen molar-refractivity contribution in [2.45, 2.75) is 6.92 Å². The first kappa shape index (κ1) is 15.5. The van der Waals surface area contributed by atoms with E-state index < -0.39 is 5.97 Å². The largest absolute Gasteiger partial charge is 0.447 e. The number of nitrogens with zero attached hydrogens (tertiary/aromatic N) is 3. The van der Waals surface area contributed by atoms with Gasteiger partial charge in [-0.2, -0.15) is 10.4 Å². The summed E-state index contributed by atoms with van der Waals surface area (Å²) in [6, 6.07) is 19.1. The van der Waals surface area contributed by atoms with Crippen LogP contribution in [0.25, 0.3) is 16.9 Å². The van der Waals surface area contributed by atoms with Crippen LogP contribution in [-0.4, -0.2) is 22.4 Å². The van der Waals surface area contributed by atoms with Crippen molar-refractivity contribution in [1.82, 2.24) is 9.78 Å². The fourth-order valence-corrected chi connectivity index (χ4v) is 2.34. The maximum atomic E-state index is 12.3. The summed E-state index contributed by atoms with van der Waals surface area (Å²) in [7, 11) is 0. The molecule has 0 radical (unpaired) electrons. The highest BCUT2D eigenvalue weighted by Gasteiger charge is 2.19. The van der Waals surface area contributed by atoms with Crippen molar-refractivity contribution in [3.05, 3.63) is 71.9 Å². The van der Waals surface area contributed by atoms with E-state index in [0.29, 0.717) is 11.3 Å². The van der Waals surface area contributed by atoms with Gasteiger partial charge in [-0.1, -0.05) is 48.0 Å². The zero-order chi connectivity index (χ0) is 16.9. The molecule has 0 N–H and O–H groups in total. The van der Waals surface area contributed by atoms with E-state index in [0.717, 1.165) is 16.8 Å². The molecule has 5 nitrogen and oxygen atoms in total. The Bertz CT molecular complexity index is 891. The Morgan fingerprint density at radius 3 is 2.54 bits per heavy atom. The van der Waals surface area contributed by atoms with Crippen LogP contribution in [0.1, 0.15) is 15.9 Å². The summed E-state index contributed by atoms with van der Waals surface area (Å²) in [4.78, 5) is 12.3. The Morgan fingerprint density at radius 1 is 1.17 bits per heavy atom. The quantitative estimate of drug-likeness (QED) is 0.690. The second-order valence-electron chi connectivity index (χ2n) is 5.27. The Balaban J connectivity index is 2.08. The van der Waals surface area contributed by atoms with E-state index in [4.69, 9.17) is 10.00 Å². The van der Waals surface area contributed by atoms with E-state index in [9.17, 15) is 4.79 Å². The number of carbonyl (C=O) groups is 1. The molecule has 3 aromatic rings. The number of benzene rings is 2. The van der Waals surface area contributed by atoms with Crippen molar-refractivity contribution in [2.24, 2.45) is 0 Å². The van der Waals surface area contributed by atoms with Crippen molar-refractivity contribution in [3.63, 3.8) is 0 Å². The molecule has 0 fully saturated rings. The third kappa shape index (κ3) is 3.18. The minimum absolute atomic E-state index is 0.289. The smallest absolute Gasteiger partial charge is 0.343 e. The van der Waals surface area contributed by atoms with Crippen LogP contribution in [0.3, 0.4) is 0 Å². The highest BCUT2D eigenvalue weighted by Crippen LogP contribution is 2.25. The molecule has 0 saturated heterocycles. The number of carbonyl (C=O) groups excluding carboxylic acids is 1. The molecule has 3 rings (SSSR count). The highest BCUT2D eigenvalue weighted by atomic mass is 16.5. The first-order valence-corrected chi connectivity index (χ1v) is 7.45. The summed E-state index contributed by atoms with van der Waals surface area (Å²) >= 11 is 0. The van der Waals surface area contributed by atoms with Gasteiger partial charge in [-0.05, 0) is 19.1 Å². The van der Waals surface area contributed by atoms with Gasteiger partial charge in [0.15, 0.2) is 6.61 Å². The van der Waals surface area contributed by atoms with Crippen LogP contribution in [0, 0.1) is 18.3 Å². The average molecular weight is 317 g/mol. The number of para-hydroxylation sites is 1. The molecule has 0 aliphatic rings. The molecule has 0 unspecified atom stereocenters. The molecule has 0 saturated carbocycles. The molecule has 0 aliphatic carbocycles. The van der Waals surface area contributed by atoms with Crippen LogP contribution >= 0.6 is 0 Å². The predicted molar refractivity (Wildman–Crippen MR) is 89.6 cm³/mol. The molecule has 1 heterocycles. The van der Waals surface area contributed by atoms with E-state index in [2.05, 4.69) is 5.10 Å². The summed E-state index contributed by atoms with van der Waals surface area (Å²) in [5.41, 5.74) is 3.64. The van der Waals surface area contributed by atoms with Crippen molar-refractivity contribution in [1.29, 1.82) is 5.26 Å². The van der Waals surface area contributed by atoms with E-state index in [1.165, 1.54) is 0 Å². The fraction of sp³-hybridized carbons (Fsp3) is 0.105. The second kappa shape index (κ2) is 6.80. The van der Waals surface area contributed by atoms with Crippen molar-refractivity contribution < 1.29 is 9.53 Å². The molecule has 24 heavy (non-hydrogen) atoms. The van der Waals surface area contributed by atoms with Crippen LogP contribution in [0.15, 0.2) is 60.8 Å². The molecule has 0 aliphatic heterocycles. The van der Waals surface area contributed by atoms with Gasteiger partial charge in [0.25, 0.3) is 0 Å². The van der Waals surface area contributed by atoms with Gasteiger partial charge < -0.3 is 4.74 Å². The summed E-state index contributed by atoms with van der Waals surface area (Å²) < 4.78 is 6.60. The number of hydrogen-bond acceptors (Lipinski definition) is 4. The lowest BCUT2D eigenvalue weighted by Gasteiger charge is -2.02. The molecular weight excluding hydrogens is 302 g/mol. The van der Waals surface area contributed by atoms with Crippen LogP contribution in [0.5, 0.6) is 0 Å². The van der Waals surface area contributed by atoms with Gasteiger partial charge >= 0.3 is 5.97 Å². The van der Waals surface area contributed by atoms with Gasteiger partial charge in [0.05, 0.1) is 5.69 Å². The number of nitriles is 1. The zero-order valence-corrected chi connectivity index (χ0v) is 13.1. The molecule has 0 amide bonds. The predicted octanol–water partition coefficient (Wildman–Crippen LogP) is 3.53. The number of hydrogen-bond donors (Lipinski definition) is 0. The zero-order valence-electron chi connectivity index (χ0n) is 13.1. The third-order valence-electron chi connectivity index (χ3n) is 3.55. The first-order chi connectivity index (χ1) is 11.7. The Kier molecular flexibility index (Phi) is 4.39. The maximum absolute atomic E-state index is 12.3. The Morgan fingerprint density at radius 2 is 1.88 bits per heavy atom. The molecular formula is C19H15N3O2. The normalized spacial score (nSPS) is 10.2. The minimum Gasteiger partial charge on any atom is -0.447 e. The second-order valence-corrected chi connectivity index (χ2v) is 5.27. The third-order valence-corrected chi connectivity index (χ3v) is 3.55. The van der Waals surface area contributed by atoms with E-state index >= 15 is 0 Å². The van der Waals surface area contributed by atoms with Gasteiger partial charge in [-0.3, -0.25) is 0 Å². The lowest BCUT2D eigenvalue weighted by Crippen LogP contribution is -2.05. The molecule has 0 bridgehead atoms. The van der Waals surface area contributed by atoms with E-state index in [-0.39, 0.29) is 6.61 Å². The van der Waals surface area contributed by atoms with Crippen LogP contribution in [-0.2, 0) is 4.74 Å². The lowest BCUT2D eigenvalue weighted by atomic mass is 10.1. The summed E-state index contributed by atoms with van der Waals surface area (Å²) in [6.07, 6.45) is 1.63. The van der Waals surface area contributed by atoms with Crippen LogP contribution in [0.4, 0.5) is 0 Å². The molecule has 118 valence electrons. The number of esters is 1. The summed E-state index contributed by atoms with van der Waals surface area (Å²) in [5.74, 6) is -0.561. The Labute approximate surface area is 139 Å². The molecule has 1 aromatic heterocycles. The van der Waals surface area contributed by atoms with Crippen molar-refractivity contribution in [2.75, 3.05) is 6.61 Å². The standard InChI is InChI=1S/C19H15N3O2/c1-14-7-9-15(10-8-14)18-17(19(23)24-12-11-20)13-22(21-18)16-5-3-2-4-6-16/h2-10,13H,12H2,1H3.